The number of carbonyl (C=O) groups excluding carboxylic acids is 2. The molecule has 0 unspecified atom stereocenters. The van der Waals surface area contributed by atoms with E-state index < -0.39 is 45.3 Å². The van der Waals surface area contributed by atoms with E-state index in [2.05, 4.69) is 72.8 Å². The molecule has 0 amide bonds. The van der Waals surface area contributed by atoms with Crippen LogP contribution in [0, 0.1) is 0 Å². The zero-order chi connectivity index (χ0) is 47.4. The standard InChI is InChI=1S/C52H67BO11S2/c1-41(2)61-50(58)45-25-21-43(22-26-45)39-65(35-30-54,36-31-55)63-53(64-66(37-32-56,38-33-57)40-44-23-27-46(28-24-44)51(59)62-42(3)4)60-34-14-29-52(47-15-8-5-9-16-47,48-17-10-6-11-18-48)49-19-12-7-13-20-49/h5-13,15-28,41-42,54-57H,14,29-40H2,1-4H3. The molecule has 0 atom stereocenters. The van der Waals surface area contributed by atoms with Gasteiger partial charge in [-0.15, -0.1) is 20.6 Å². The topological polar surface area (TPSA) is 161 Å². The molecule has 5 rings (SSSR count). The summed E-state index contributed by atoms with van der Waals surface area (Å²) < 4.78 is 31.6. The van der Waals surface area contributed by atoms with Crippen molar-refractivity contribution in [1.82, 2.24) is 0 Å². The van der Waals surface area contributed by atoms with E-state index in [9.17, 15) is 30.0 Å². The number of benzene rings is 5. The van der Waals surface area contributed by atoms with E-state index in [4.69, 9.17) is 22.3 Å². The highest BCUT2D eigenvalue weighted by atomic mass is 32.3. The minimum absolute atomic E-state index is 0.180. The second-order valence-electron chi connectivity index (χ2n) is 16.7. The van der Waals surface area contributed by atoms with Gasteiger partial charge in [-0.1, -0.05) is 115 Å². The molecular formula is C52H67BO11S2. The third-order valence-corrected chi connectivity index (χ3v) is 17.6. The Morgan fingerprint density at radius 3 is 1.15 bits per heavy atom. The van der Waals surface area contributed by atoms with Crippen molar-refractivity contribution in [3.05, 3.63) is 178 Å². The maximum absolute atomic E-state index is 12.7. The van der Waals surface area contributed by atoms with Crippen molar-refractivity contribution in [2.75, 3.05) is 56.0 Å². The molecular weight excluding hydrogens is 876 g/mol. The van der Waals surface area contributed by atoms with E-state index in [0.29, 0.717) is 35.5 Å². The van der Waals surface area contributed by atoms with Crippen LogP contribution in [0.3, 0.4) is 0 Å². The first-order chi connectivity index (χ1) is 31.9. The van der Waals surface area contributed by atoms with E-state index in [1.54, 1.807) is 52.0 Å². The highest BCUT2D eigenvalue weighted by molar-refractivity contribution is 8.30. The quantitative estimate of drug-likeness (QED) is 0.0164. The van der Waals surface area contributed by atoms with Crippen LogP contribution in [-0.4, -0.2) is 108 Å². The molecule has 0 saturated heterocycles. The summed E-state index contributed by atoms with van der Waals surface area (Å²) in [7, 11) is -6.19. The fourth-order valence-electron chi connectivity index (χ4n) is 8.09. The summed E-state index contributed by atoms with van der Waals surface area (Å²) in [5.74, 6) is 0.455. The molecule has 0 aliphatic carbocycles. The van der Waals surface area contributed by atoms with E-state index >= 15 is 0 Å². The fraction of sp³-hybridized carbons (Fsp3) is 0.385. The molecule has 0 radical (unpaired) electrons. The number of esters is 2. The summed E-state index contributed by atoms with van der Waals surface area (Å²) in [6, 6.07) is 45.3. The first-order valence-electron chi connectivity index (χ1n) is 22.6. The average Bonchev–Trinajstić information content (AvgIpc) is 3.30. The summed E-state index contributed by atoms with van der Waals surface area (Å²) in [4.78, 5) is 25.4. The number of hydrogen-bond acceptors (Lipinski definition) is 11. The van der Waals surface area contributed by atoms with Crippen LogP contribution in [0.1, 0.15) is 89.1 Å². The van der Waals surface area contributed by atoms with Gasteiger partial charge in [-0.25, -0.2) is 9.59 Å². The Kier molecular flexibility index (Phi) is 20.8. The van der Waals surface area contributed by atoms with Crippen LogP contribution in [0.15, 0.2) is 140 Å². The van der Waals surface area contributed by atoms with Crippen LogP contribution in [0.5, 0.6) is 0 Å². The van der Waals surface area contributed by atoms with Gasteiger partial charge in [0.25, 0.3) is 0 Å². The zero-order valence-electron chi connectivity index (χ0n) is 38.7. The molecule has 5 aromatic carbocycles. The molecule has 0 aliphatic heterocycles. The lowest BCUT2D eigenvalue weighted by Crippen LogP contribution is -2.37. The van der Waals surface area contributed by atoms with Crippen LogP contribution >= 0.6 is 20.6 Å². The third kappa shape index (κ3) is 14.8. The van der Waals surface area contributed by atoms with Gasteiger partial charge in [-0.3, -0.25) is 0 Å². The molecule has 0 spiro atoms. The molecule has 0 aromatic heterocycles. The largest absolute Gasteiger partial charge is 0.660 e. The van der Waals surface area contributed by atoms with Gasteiger partial charge in [0.05, 0.1) is 49.8 Å². The normalized spacial score (nSPS) is 12.6. The molecule has 11 nitrogen and oxygen atoms in total. The van der Waals surface area contributed by atoms with Gasteiger partial charge in [0.1, 0.15) is 0 Å². The highest BCUT2D eigenvalue weighted by Crippen LogP contribution is 2.57. The van der Waals surface area contributed by atoms with Gasteiger partial charge in [0, 0.05) is 46.5 Å². The van der Waals surface area contributed by atoms with Crippen molar-refractivity contribution in [3.8, 4) is 0 Å². The van der Waals surface area contributed by atoms with Crippen LogP contribution in [-0.2, 0) is 39.2 Å². The van der Waals surface area contributed by atoms with Gasteiger partial charge in [0.15, 0.2) is 0 Å². The Bertz CT molecular complexity index is 1980. The van der Waals surface area contributed by atoms with E-state index in [1.807, 2.05) is 42.5 Å². The van der Waals surface area contributed by atoms with Crippen molar-refractivity contribution in [3.63, 3.8) is 0 Å². The van der Waals surface area contributed by atoms with Crippen LogP contribution in [0.4, 0.5) is 0 Å². The van der Waals surface area contributed by atoms with Crippen LogP contribution in [0.2, 0.25) is 0 Å². The van der Waals surface area contributed by atoms with E-state index in [0.717, 1.165) is 27.8 Å². The molecule has 5 aromatic rings. The smallest absolute Gasteiger partial charge is 0.459 e. The van der Waals surface area contributed by atoms with E-state index in [-0.39, 0.29) is 68.3 Å². The Labute approximate surface area is 394 Å². The van der Waals surface area contributed by atoms with E-state index in [1.165, 1.54) is 0 Å². The predicted octanol–water partition coefficient (Wildman–Crippen LogP) is 8.78. The zero-order valence-corrected chi connectivity index (χ0v) is 40.3. The lowest BCUT2D eigenvalue weighted by molar-refractivity contribution is 0.0367. The molecule has 4 N–H and O–H groups in total. The minimum Gasteiger partial charge on any atom is -0.459 e. The van der Waals surface area contributed by atoms with Crippen molar-refractivity contribution >= 4 is 39.9 Å². The number of aliphatic hydroxyl groups excluding tert-OH is 4. The second-order valence-corrected chi connectivity index (χ2v) is 23.2. The van der Waals surface area contributed by atoms with Gasteiger partial charge in [0.2, 0.25) is 0 Å². The van der Waals surface area contributed by atoms with Crippen LogP contribution in [0.25, 0.3) is 0 Å². The average molecular weight is 943 g/mol. The number of ether oxygens (including phenoxy) is 2. The first-order valence-corrected chi connectivity index (χ1v) is 26.7. The second kappa shape index (κ2) is 26.2. The predicted molar refractivity (Wildman–Crippen MR) is 267 cm³/mol. The first kappa shape index (κ1) is 52.5. The molecule has 0 fully saturated rings. The van der Waals surface area contributed by atoms with Crippen LogP contribution < -0.4 is 0 Å². The third-order valence-electron chi connectivity index (χ3n) is 11.1. The Hall–Kier alpha value is -4.48. The van der Waals surface area contributed by atoms with Gasteiger partial charge < -0.3 is 42.8 Å². The van der Waals surface area contributed by atoms with Gasteiger partial charge in [-0.05, 0) is 92.6 Å². The highest BCUT2D eigenvalue weighted by Gasteiger charge is 2.41. The lowest BCUT2D eigenvalue weighted by Gasteiger charge is -2.45. The Balaban J connectivity index is 1.52. The summed E-state index contributed by atoms with van der Waals surface area (Å²) in [5.41, 5.74) is 5.25. The number of hydrogen-bond donors (Lipinski definition) is 4. The monoisotopic (exact) mass is 942 g/mol. The van der Waals surface area contributed by atoms with Crippen molar-refractivity contribution in [1.29, 1.82) is 0 Å². The maximum atomic E-state index is 12.7. The van der Waals surface area contributed by atoms with Crippen molar-refractivity contribution < 1.29 is 52.3 Å². The van der Waals surface area contributed by atoms with Crippen molar-refractivity contribution in [2.24, 2.45) is 0 Å². The SMILES string of the molecule is CC(C)OC(=O)c1ccc(CS(CCO)(CCO)OB(OCCCC(c2ccccc2)(c2ccccc2)c2ccccc2)OS(CCO)(CCO)Cc2ccc(C(=O)OC(C)C)cc2)cc1. The minimum atomic E-state index is -2.43. The maximum Gasteiger partial charge on any atom is 0.660 e. The van der Waals surface area contributed by atoms with Crippen molar-refractivity contribution in [2.45, 2.75) is 69.7 Å². The van der Waals surface area contributed by atoms with Gasteiger partial charge in [-0.2, -0.15) is 0 Å². The number of rotatable bonds is 28. The molecule has 14 heteroatoms. The fourth-order valence-corrected chi connectivity index (χ4v) is 13.4. The molecule has 66 heavy (non-hydrogen) atoms. The Morgan fingerprint density at radius 1 is 0.515 bits per heavy atom. The summed E-state index contributed by atoms with van der Waals surface area (Å²) in [6.07, 6.45) is 0.637. The summed E-state index contributed by atoms with van der Waals surface area (Å²) in [5, 5.41) is 42.3. The molecule has 0 saturated carbocycles. The summed E-state index contributed by atoms with van der Waals surface area (Å²) in [6.45, 7) is 6.36. The molecule has 356 valence electrons. The molecule has 0 aliphatic rings. The van der Waals surface area contributed by atoms with Gasteiger partial charge >= 0.3 is 19.3 Å². The summed E-state index contributed by atoms with van der Waals surface area (Å²) >= 11 is 0. The number of aliphatic hydroxyl groups is 4. The number of carbonyl (C=O) groups is 2. The Morgan fingerprint density at radius 2 is 0.848 bits per heavy atom. The molecule has 0 heterocycles. The molecule has 0 bridgehead atoms. The lowest BCUT2D eigenvalue weighted by atomic mass is 9.67.